The highest BCUT2D eigenvalue weighted by Gasteiger charge is 2.33. The molecular weight excluding hydrogens is 286 g/mol. The monoisotopic (exact) mass is 307 g/mol. The van der Waals surface area contributed by atoms with Crippen molar-refractivity contribution in [3.8, 4) is 0 Å². The van der Waals surface area contributed by atoms with Gasteiger partial charge in [0.1, 0.15) is 0 Å². The number of rotatable bonds is 3. The molecular formula is C16H22ClN3O. The fraction of sp³-hybridized carbons (Fsp3) is 0.562. The van der Waals surface area contributed by atoms with Crippen LogP contribution in [0, 0.1) is 5.92 Å². The van der Waals surface area contributed by atoms with Crippen LogP contribution < -0.4 is 5.32 Å². The number of halogens is 1. The molecule has 1 unspecified atom stereocenters. The molecule has 2 fully saturated rings. The molecule has 0 bridgehead atoms. The lowest BCUT2D eigenvalue weighted by molar-refractivity contribution is 0.110. The van der Waals surface area contributed by atoms with E-state index in [0.29, 0.717) is 11.1 Å². The van der Waals surface area contributed by atoms with E-state index in [9.17, 15) is 4.79 Å². The van der Waals surface area contributed by atoms with E-state index >= 15 is 0 Å². The van der Waals surface area contributed by atoms with Gasteiger partial charge in [-0.05, 0) is 49.9 Å². The molecule has 21 heavy (non-hydrogen) atoms. The second kappa shape index (κ2) is 6.24. The van der Waals surface area contributed by atoms with Crippen molar-refractivity contribution in [3.63, 3.8) is 0 Å². The third kappa shape index (κ3) is 3.69. The van der Waals surface area contributed by atoms with E-state index in [1.54, 1.807) is 12.1 Å². The Bertz CT molecular complexity index is 493. The summed E-state index contributed by atoms with van der Waals surface area (Å²) in [5, 5.41) is 3.60. The van der Waals surface area contributed by atoms with Gasteiger partial charge in [0.2, 0.25) is 0 Å². The molecule has 1 aliphatic carbocycles. The molecule has 1 saturated heterocycles. The second-order valence-corrected chi connectivity index (χ2v) is 6.47. The molecule has 0 radical (unpaired) electrons. The molecule has 1 heterocycles. The fourth-order valence-corrected chi connectivity index (χ4v) is 3.07. The summed E-state index contributed by atoms with van der Waals surface area (Å²) in [7, 11) is 0. The van der Waals surface area contributed by atoms with Crippen molar-refractivity contribution in [2.24, 2.45) is 5.92 Å². The van der Waals surface area contributed by atoms with Gasteiger partial charge in [-0.15, -0.1) is 0 Å². The predicted octanol–water partition coefficient (Wildman–Crippen LogP) is 3.29. The van der Waals surface area contributed by atoms with Crippen LogP contribution in [-0.4, -0.2) is 48.1 Å². The van der Waals surface area contributed by atoms with Gasteiger partial charge in [0, 0.05) is 42.9 Å². The highest BCUT2D eigenvalue weighted by atomic mass is 35.5. The Hall–Kier alpha value is -1.26. The smallest absolute Gasteiger partial charge is 0.321 e. The summed E-state index contributed by atoms with van der Waals surface area (Å²) >= 11 is 5.84. The maximum atomic E-state index is 12.2. The molecule has 2 aliphatic rings. The molecule has 1 aromatic rings. The normalized spacial score (nSPS) is 21.1. The lowest BCUT2D eigenvalue weighted by Crippen LogP contribution is -2.52. The third-order valence-corrected chi connectivity index (χ3v) is 4.83. The largest absolute Gasteiger partial charge is 0.322 e. The number of anilines is 1. The molecule has 1 aliphatic heterocycles. The quantitative estimate of drug-likeness (QED) is 0.930. The van der Waals surface area contributed by atoms with Gasteiger partial charge < -0.3 is 10.2 Å². The van der Waals surface area contributed by atoms with E-state index in [4.69, 9.17) is 11.6 Å². The van der Waals surface area contributed by atoms with Crippen LogP contribution in [0.2, 0.25) is 5.02 Å². The van der Waals surface area contributed by atoms with Gasteiger partial charge in [-0.1, -0.05) is 11.6 Å². The van der Waals surface area contributed by atoms with Crippen molar-refractivity contribution in [2.75, 3.05) is 31.5 Å². The Kier molecular flexibility index (Phi) is 4.36. The minimum absolute atomic E-state index is 0.0175. The van der Waals surface area contributed by atoms with Crippen LogP contribution >= 0.6 is 11.6 Å². The Morgan fingerprint density at radius 2 is 1.81 bits per heavy atom. The van der Waals surface area contributed by atoms with Crippen LogP contribution in [-0.2, 0) is 0 Å². The molecule has 114 valence electrons. The van der Waals surface area contributed by atoms with Gasteiger partial charge in [0.05, 0.1) is 0 Å². The number of amides is 2. The van der Waals surface area contributed by atoms with Gasteiger partial charge in [0.25, 0.3) is 0 Å². The van der Waals surface area contributed by atoms with Crippen LogP contribution in [0.15, 0.2) is 24.3 Å². The number of carbonyl (C=O) groups is 1. The number of hydrogen-bond acceptors (Lipinski definition) is 2. The Balaban J connectivity index is 1.49. The van der Waals surface area contributed by atoms with Crippen molar-refractivity contribution < 1.29 is 4.79 Å². The number of hydrogen-bond donors (Lipinski definition) is 1. The van der Waals surface area contributed by atoms with Crippen molar-refractivity contribution in [1.29, 1.82) is 0 Å². The number of piperazine rings is 1. The molecule has 2 amide bonds. The standard InChI is InChI=1S/C16H22ClN3O/c1-12(13-2-3-13)19-8-10-20(11-9-19)16(21)18-15-6-4-14(17)5-7-15/h4-7,12-13H,2-3,8-11H2,1H3,(H,18,21). The first kappa shape index (κ1) is 14.7. The second-order valence-electron chi connectivity index (χ2n) is 6.04. The van der Waals surface area contributed by atoms with E-state index in [1.807, 2.05) is 17.0 Å². The summed E-state index contributed by atoms with van der Waals surface area (Å²) in [6.07, 6.45) is 2.75. The Morgan fingerprint density at radius 3 is 2.38 bits per heavy atom. The van der Waals surface area contributed by atoms with E-state index in [1.165, 1.54) is 12.8 Å². The first-order chi connectivity index (χ1) is 10.1. The van der Waals surface area contributed by atoms with Crippen molar-refractivity contribution in [2.45, 2.75) is 25.8 Å². The maximum absolute atomic E-state index is 12.2. The average molecular weight is 308 g/mol. The summed E-state index contributed by atoms with van der Waals surface area (Å²) < 4.78 is 0. The average Bonchev–Trinajstić information content (AvgIpc) is 3.34. The van der Waals surface area contributed by atoms with Gasteiger partial charge in [-0.25, -0.2) is 4.79 Å². The summed E-state index contributed by atoms with van der Waals surface area (Å²) in [5.41, 5.74) is 0.790. The minimum Gasteiger partial charge on any atom is -0.322 e. The molecule has 1 aromatic carbocycles. The highest BCUT2D eigenvalue weighted by molar-refractivity contribution is 6.30. The fourth-order valence-electron chi connectivity index (χ4n) is 2.94. The summed E-state index contributed by atoms with van der Waals surface area (Å²) in [5.74, 6) is 0.888. The van der Waals surface area contributed by atoms with Gasteiger partial charge >= 0.3 is 6.03 Å². The summed E-state index contributed by atoms with van der Waals surface area (Å²) in [6.45, 7) is 5.88. The van der Waals surface area contributed by atoms with Gasteiger partial charge in [-0.2, -0.15) is 0 Å². The van der Waals surface area contributed by atoms with Crippen LogP contribution in [0.5, 0.6) is 0 Å². The summed E-state index contributed by atoms with van der Waals surface area (Å²) in [6, 6.07) is 7.87. The molecule has 3 rings (SSSR count). The predicted molar refractivity (Wildman–Crippen MR) is 85.8 cm³/mol. The van der Waals surface area contributed by atoms with Crippen LogP contribution in [0.4, 0.5) is 10.5 Å². The zero-order chi connectivity index (χ0) is 14.8. The third-order valence-electron chi connectivity index (χ3n) is 4.58. The number of urea groups is 1. The maximum Gasteiger partial charge on any atom is 0.321 e. The summed E-state index contributed by atoms with van der Waals surface area (Å²) in [4.78, 5) is 16.6. The zero-order valence-electron chi connectivity index (χ0n) is 12.4. The van der Waals surface area contributed by atoms with E-state index in [2.05, 4.69) is 17.1 Å². The lowest BCUT2D eigenvalue weighted by Gasteiger charge is -2.38. The van der Waals surface area contributed by atoms with Crippen LogP contribution in [0.3, 0.4) is 0 Å². The first-order valence-corrected chi connectivity index (χ1v) is 8.07. The van der Waals surface area contributed by atoms with Crippen molar-refractivity contribution in [1.82, 2.24) is 9.80 Å². The SMILES string of the molecule is CC(C1CC1)N1CCN(C(=O)Nc2ccc(Cl)cc2)CC1. The molecule has 1 N–H and O–H groups in total. The Morgan fingerprint density at radius 1 is 1.19 bits per heavy atom. The molecule has 4 nitrogen and oxygen atoms in total. The lowest BCUT2D eigenvalue weighted by atomic mass is 10.1. The van der Waals surface area contributed by atoms with E-state index < -0.39 is 0 Å². The minimum atomic E-state index is -0.0175. The molecule has 1 atom stereocenters. The van der Waals surface area contributed by atoms with Crippen LogP contribution in [0.25, 0.3) is 0 Å². The number of nitrogens with one attached hydrogen (secondary N) is 1. The molecule has 5 heteroatoms. The van der Waals surface area contributed by atoms with Crippen molar-refractivity contribution >= 4 is 23.3 Å². The zero-order valence-corrected chi connectivity index (χ0v) is 13.1. The molecule has 0 aromatic heterocycles. The van der Waals surface area contributed by atoms with Gasteiger partial charge in [0.15, 0.2) is 0 Å². The van der Waals surface area contributed by atoms with E-state index in [0.717, 1.165) is 37.8 Å². The van der Waals surface area contributed by atoms with Crippen molar-refractivity contribution in [3.05, 3.63) is 29.3 Å². The number of carbonyl (C=O) groups excluding carboxylic acids is 1. The highest BCUT2D eigenvalue weighted by Crippen LogP contribution is 2.35. The van der Waals surface area contributed by atoms with E-state index in [-0.39, 0.29) is 6.03 Å². The Labute approximate surface area is 131 Å². The molecule has 0 spiro atoms. The van der Waals surface area contributed by atoms with Gasteiger partial charge in [-0.3, -0.25) is 4.90 Å². The number of benzene rings is 1. The first-order valence-electron chi connectivity index (χ1n) is 7.69. The van der Waals surface area contributed by atoms with Crippen LogP contribution in [0.1, 0.15) is 19.8 Å². The molecule has 1 saturated carbocycles. The number of nitrogens with zero attached hydrogens (tertiary/aromatic N) is 2. The topological polar surface area (TPSA) is 35.6 Å².